The van der Waals surface area contributed by atoms with Crippen molar-refractivity contribution in [2.75, 3.05) is 30.4 Å². The third-order valence-corrected chi connectivity index (χ3v) is 6.40. The summed E-state index contributed by atoms with van der Waals surface area (Å²) < 4.78 is 5.17. The largest absolute Gasteiger partial charge is 0.495 e. The molecule has 2 heterocycles. The Morgan fingerprint density at radius 2 is 2.00 bits per heavy atom. The normalized spacial score (nSPS) is 16.1. The molecule has 0 aliphatic carbocycles. The van der Waals surface area contributed by atoms with Gasteiger partial charge in [-0.25, -0.2) is 9.97 Å². The van der Waals surface area contributed by atoms with E-state index in [0.717, 1.165) is 35.1 Å². The number of nitrogens with zero attached hydrogens (tertiary/aromatic N) is 3. The van der Waals surface area contributed by atoms with E-state index in [9.17, 15) is 4.79 Å². The van der Waals surface area contributed by atoms with Gasteiger partial charge in [-0.15, -0.1) is 0 Å². The third kappa shape index (κ3) is 5.29. The minimum atomic E-state index is -0.147. The first-order valence-electron chi connectivity index (χ1n) is 10.1. The highest BCUT2D eigenvalue weighted by Crippen LogP contribution is 2.34. The standard InChI is InChI=1S/C23H23ClN4O2S/c1-30-20-10-9-17(14-19(20)24)27-22(29)16-6-5-13-28(15-16)21-23(26-12-11-25-21)31-18-7-3-2-4-8-18/h2-4,7-12,14,16H,5-6,13,15H2,1H3,(H,27,29)/t16-/m0/s1. The van der Waals surface area contributed by atoms with Gasteiger partial charge < -0.3 is 15.0 Å². The SMILES string of the molecule is COc1ccc(NC(=O)[C@H]2CCCN(c3nccnc3Sc3ccccc3)C2)cc1Cl. The molecule has 1 N–H and O–H groups in total. The van der Waals surface area contributed by atoms with Gasteiger partial charge in [0, 0.05) is 36.1 Å². The predicted octanol–water partition coefficient (Wildman–Crippen LogP) is 5.14. The van der Waals surface area contributed by atoms with E-state index in [2.05, 4.69) is 32.3 Å². The van der Waals surface area contributed by atoms with Crippen molar-refractivity contribution < 1.29 is 9.53 Å². The summed E-state index contributed by atoms with van der Waals surface area (Å²) in [6, 6.07) is 15.3. The number of carbonyl (C=O) groups is 1. The first kappa shape index (κ1) is 21.5. The first-order valence-corrected chi connectivity index (χ1v) is 11.3. The average molecular weight is 455 g/mol. The molecule has 1 atom stereocenters. The molecule has 0 spiro atoms. The number of rotatable bonds is 6. The molecule has 0 unspecified atom stereocenters. The van der Waals surface area contributed by atoms with E-state index in [4.69, 9.17) is 16.3 Å². The molecule has 0 bridgehead atoms. The van der Waals surface area contributed by atoms with Crippen molar-refractivity contribution in [3.63, 3.8) is 0 Å². The number of aromatic nitrogens is 2. The quantitative estimate of drug-likeness (QED) is 0.556. The van der Waals surface area contributed by atoms with Crippen LogP contribution in [0.1, 0.15) is 12.8 Å². The van der Waals surface area contributed by atoms with Gasteiger partial charge in [-0.1, -0.05) is 41.6 Å². The van der Waals surface area contributed by atoms with Crippen molar-refractivity contribution >= 4 is 40.8 Å². The molecular formula is C23H23ClN4O2S. The van der Waals surface area contributed by atoms with E-state index in [-0.39, 0.29) is 11.8 Å². The van der Waals surface area contributed by atoms with E-state index in [1.54, 1.807) is 49.5 Å². The number of ether oxygens (including phenoxy) is 1. The number of benzene rings is 2. The summed E-state index contributed by atoms with van der Waals surface area (Å²) >= 11 is 7.77. The summed E-state index contributed by atoms with van der Waals surface area (Å²) in [6.45, 7) is 1.44. The fourth-order valence-electron chi connectivity index (χ4n) is 3.58. The second-order valence-corrected chi connectivity index (χ2v) is 8.69. The number of halogens is 1. The van der Waals surface area contributed by atoms with Crippen LogP contribution >= 0.6 is 23.4 Å². The van der Waals surface area contributed by atoms with Gasteiger partial charge in [-0.05, 0) is 43.2 Å². The second-order valence-electron chi connectivity index (χ2n) is 7.22. The third-order valence-electron chi connectivity index (χ3n) is 5.12. The van der Waals surface area contributed by atoms with E-state index in [1.807, 2.05) is 18.2 Å². The summed E-state index contributed by atoms with van der Waals surface area (Å²) in [5.74, 6) is 1.23. The van der Waals surface area contributed by atoms with E-state index >= 15 is 0 Å². The summed E-state index contributed by atoms with van der Waals surface area (Å²) in [6.07, 6.45) is 5.14. The molecule has 8 heteroatoms. The number of carbonyl (C=O) groups excluding carboxylic acids is 1. The van der Waals surface area contributed by atoms with Crippen LogP contribution < -0.4 is 15.0 Å². The van der Waals surface area contributed by atoms with Gasteiger partial charge in [0.15, 0.2) is 5.82 Å². The molecule has 6 nitrogen and oxygen atoms in total. The van der Waals surface area contributed by atoms with Crippen LogP contribution in [0.4, 0.5) is 11.5 Å². The molecule has 1 fully saturated rings. The maximum atomic E-state index is 12.9. The van der Waals surface area contributed by atoms with Crippen LogP contribution in [0.25, 0.3) is 0 Å². The van der Waals surface area contributed by atoms with E-state index in [0.29, 0.717) is 23.0 Å². The summed E-state index contributed by atoms with van der Waals surface area (Å²) in [5, 5.41) is 4.29. The van der Waals surface area contributed by atoms with Gasteiger partial charge in [0.1, 0.15) is 10.8 Å². The van der Waals surface area contributed by atoms with Crippen molar-refractivity contribution in [2.24, 2.45) is 5.92 Å². The van der Waals surface area contributed by atoms with Crippen LogP contribution in [0, 0.1) is 5.92 Å². The van der Waals surface area contributed by atoms with Gasteiger partial charge in [-0.2, -0.15) is 0 Å². The van der Waals surface area contributed by atoms with Crippen LogP contribution in [0.2, 0.25) is 5.02 Å². The fourth-order valence-corrected chi connectivity index (χ4v) is 4.74. The number of hydrogen-bond donors (Lipinski definition) is 1. The Hall–Kier alpha value is -2.77. The van der Waals surface area contributed by atoms with Crippen molar-refractivity contribution in [3.05, 3.63) is 65.9 Å². The minimum absolute atomic E-state index is 0.0212. The maximum Gasteiger partial charge on any atom is 0.229 e. The number of anilines is 2. The lowest BCUT2D eigenvalue weighted by molar-refractivity contribution is -0.120. The van der Waals surface area contributed by atoms with Gasteiger partial charge in [-0.3, -0.25) is 4.79 Å². The Labute approximate surface area is 191 Å². The van der Waals surface area contributed by atoms with Crippen molar-refractivity contribution in [1.29, 1.82) is 0 Å². The molecule has 160 valence electrons. The minimum Gasteiger partial charge on any atom is -0.495 e. The molecule has 1 aliphatic heterocycles. The van der Waals surface area contributed by atoms with Crippen LogP contribution in [-0.4, -0.2) is 36.1 Å². The molecule has 3 aromatic rings. The lowest BCUT2D eigenvalue weighted by Crippen LogP contribution is -2.41. The Bertz CT molecular complexity index is 1050. The molecule has 0 radical (unpaired) electrons. The van der Waals surface area contributed by atoms with E-state index in [1.165, 1.54) is 0 Å². The van der Waals surface area contributed by atoms with Crippen molar-refractivity contribution in [2.45, 2.75) is 22.8 Å². The Balaban J connectivity index is 1.46. The second kappa shape index (κ2) is 10.0. The average Bonchev–Trinajstić information content (AvgIpc) is 2.80. The molecule has 1 aliphatic rings. The van der Waals surface area contributed by atoms with Gasteiger partial charge in [0.2, 0.25) is 5.91 Å². The highest BCUT2D eigenvalue weighted by molar-refractivity contribution is 7.99. The topological polar surface area (TPSA) is 67.3 Å². The zero-order chi connectivity index (χ0) is 21.6. The summed E-state index contributed by atoms with van der Waals surface area (Å²) in [7, 11) is 1.56. The van der Waals surface area contributed by atoms with Crippen molar-refractivity contribution in [1.82, 2.24) is 9.97 Å². The zero-order valence-corrected chi connectivity index (χ0v) is 18.7. The monoisotopic (exact) mass is 454 g/mol. The van der Waals surface area contributed by atoms with Gasteiger partial charge >= 0.3 is 0 Å². The van der Waals surface area contributed by atoms with Gasteiger partial charge in [0.05, 0.1) is 18.1 Å². The zero-order valence-electron chi connectivity index (χ0n) is 17.1. The Morgan fingerprint density at radius 1 is 1.19 bits per heavy atom. The molecule has 0 saturated carbocycles. The number of methoxy groups -OCH3 is 1. The lowest BCUT2D eigenvalue weighted by atomic mass is 9.97. The van der Waals surface area contributed by atoms with Crippen LogP contribution in [0.3, 0.4) is 0 Å². The Kier molecular flexibility index (Phi) is 6.94. The number of nitrogens with one attached hydrogen (secondary N) is 1. The van der Waals surface area contributed by atoms with Crippen LogP contribution in [-0.2, 0) is 4.79 Å². The Morgan fingerprint density at radius 3 is 2.77 bits per heavy atom. The summed E-state index contributed by atoms with van der Waals surface area (Å²) in [5.41, 5.74) is 0.660. The predicted molar refractivity (Wildman–Crippen MR) is 124 cm³/mol. The highest BCUT2D eigenvalue weighted by Gasteiger charge is 2.28. The molecule has 1 amide bonds. The molecule has 31 heavy (non-hydrogen) atoms. The first-order chi connectivity index (χ1) is 15.1. The molecule has 1 aromatic heterocycles. The molecule has 4 rings (SSSR count). The number of piperidine rings is 1. The van der Waals surface area contributed by atoms with Gasteiger partial charge in [0.25, 0.3) is 0 Å². The van der Waals surface area contributed by atoms with E-state index < -0.39 is 0 Å². The molecular weight excluding hydrogens is 432 g/mol. The maximum absolute atomic E-state index is 12.9. The molecule has 1 saturated heterocycles. The lowest BCUT2D eigenvalue weighted by Gasteiger charge is -2.33. The number of amides is 1. The summed E-state index contributed by atoms with van der Waals surface area (Å²) in [4.78, 5) is 25.3. The van der Waals surface area contributed by atoms with Crippen molar-refractivity contribution in [3.8, 4) is 5.75 Å². The number of hydrogen-bond acceptors (Lipinski definition) is 6. The smallest absolute Gasteiger partial charge is 0.229 e. The highest BCUT2D eigenvalue weighted by atomic mass is 35.5. The fraction of sp³-hybridized carbons (Fsp3) is 0.261. The van der Waals surface area contributed by atoms with Crippen LogP contribution in [0.15, 0.2) is 70.8 Å². The van der Waals surface area contributed by atoms with Crippen LogP contribution in [0.5, 0.6) is 5.75 Å². The molecule has 2 aromatic carbocycles.